The Morgan fingerprint density at radius 1 is 0.731 bits per heavy atom. The second-order valence-electron chi connectivity index (χ2n) is 16.2. The van der Waals surface area contributed by atoms with Crippen LogP contribution in [0.4, 0.5) is 11.4 Å². The van der Waals surface area contributed by atoms with Gasteiger partial charge in [0.05, 0.1) is 60.8 Å². The average molecular weight is 939 g/mol. The number of aromatic nitrogens is 5. The van der Waals surface area contributed by atoms with Gasteiger partial charge in [-0.25, -0.2) is 19.6 Å². The Bertz CT molecular complexity index is 3030. The summed E-state index contributed by atoms with van der Waals surface area (Å²) in [7, 11) is 4.27. The number of esters is 2. The molecular formula is C50H50N8O7S2. The molecule has 10 rings (SSSR count). The highest BCUT2D eigenvalue weighted by Crippen LogP contribution is 2.39. The first-order chi connectivity index (χ1) is 32.4. The molecule has 0 saturated carbocycles. The number of piperidine rings is 1. The van der Waals surface area contributed by atoms with Crippen molar-refractivity contribution in [2.75, 3.05) is 45.1 Å². The van der Waals surface area contributed by atoms with E-state index in [1.54, 1.807) is 48.3 Å². The molecule has 0 unspecified atom stereocenters. The number of fused-ring (bicyclic) bond motifs is 2. The number of rotatable bonds is 8. The summed E-state index contributed by atoms with van der Waals surface area (Å²) in [5.74, 6) is 0.355. The van der Waals surface area contributed by atoms with Gasteiger partial charge >= 0.3 is 11.9 Å². The van der Waals surface area contributed by atoms with Gasteiger partial charge < -0.3 is 40.1 Å². The van der Waals surface area contributed by atoms with Crippen LogP contribution in [-0.2, 0) is 25.5 Å². The monoisotopic (exact) mass is 938 g/mol. The SMILES string of the molecule is COC(=O)c1c(C)[nH]c(/C=C2\C(=O)Nc3ccc(-c4csc(-c5ccncc5)n4)cc32)c1C.COC(=O)c1c(C)[nH]c(OC)c1C.O=C1Cc2cc(-c3csc(C4CCNCC4)n3)ccc2N1. The van der Waals surface area contributed by atoms with Crippen molar-refractivity contribution >= 4 is 69.5 Å². The van der Waals surface area contributed by atoms with Gasteiger partial charge in [0.1, 0.15) is 5.01 Å². The van der Waals surface area contributed by atoms with Crippen LogP contribution in [0, 0.1) is 27.7 Å². The Kier molecular flexibility index (Phi) is 13.9. The quantitative estimate of drug-likeness (QED) is 0.0718. The van der Waals surface area contributed by atoms with E-state index >= 15 is 0 Å². The maximum Gasteiger partial charge on any atom is 0.340 e. The minimum atomic E-state index is -0.405. The number of nitrogens with one attached hydrogen (secondary N) is 5. The molecule has 3 aliphatic rings. The Morgan fingerprint density at radius 2 is 1.37 bits per heavy atom. The number of H-pyrrole nitrogens is 2. The van der Waals surface area contributed by atoms with E-state index in [1.807, 2.05) is 75.5 Å². The summed E-state index contributed by atoms with van der Waals surface area (Å²) < 4.78 is 14.6. The average Bonchev–Trinajstić information content (AvgIpc) is 4.22. The van der Waals surface area contributed by atoms with Gasteiger partial charge in [0.2, 0.25) is 5.91 Å². The van der Waals surface area contributed by atoms with Crippen LogP contribution in [0.15, 0.2) is 71.7 Å². The van der Waals surface area contributed by atoms with Crippen molar-refractivity contribution in [2.24, 2.45) is 0 Å². The van der Waals surface area contributed by atoms with E-state index in [9.17, 15) is 19.2 Å². The zero-order valence-corrected chi connectivity index (χ0v) is 39.8. The summed E-state index contributed by atoms with van der Waals surface area (Å²) in [5, 5.41) is 15.5. The number of methoxy groups -OCH3 is 3. The first-order valence-electron chi connectivity index (χ1n) is 21.6. The fourth-order valence-corrected chi connectivity index (χ4v) is 10.2. The molecule has 2 amide bonds. The summed E-state index contributed by atoms with van der Waals surface area (Å²) >= 11 is 3.32. The lowest BCUT2D eigenvalue weighted by Gasteiger charge is -2.20. The van der Waals surface area contributed by atoms with Crippen molar-refractivity contribution < 1.29 is 33.4 Å². The van der Waals surface area contributed by atoms with E-state index < -0.39 is 5.97 Å². The standard InChI is InChI=1S/C25H20N4O3S.C16H17N3OS.C9H13NO3/c1-13-20(27-14(2)22(13)25(31)32-3)11-18-17-10-16(4-5-19(17)28-23(18)30)21-12-33-24(29-21)15-6-8-26-9-7-15;20-15-8-12-7-11(1-2-13(12)18-15)14-9-21-16(19-14)10-3-5-17-6-4-10;1-5-7(9(11)13-4)6(2)10-8(5)12-3/h4-12,27H,1-3H3,(H,28,30);1-2,7,9-10,17H,3-6,8H2,(H,18,20);10H,1-4H3/b18-11-;;. The molecule has 344 valence electrons. The number of benzene rings is 2. The molecule has 0 bridgehead atoms. The molecule has 0 radical (unpaired) electrons. The fourth-order valence-electron chi connectivity index (χ4n) is 8.39. The van der Waals surface area contributed by atoms with Gasteiger partial charge in [-0.3, -0.25) is 14.6 Å². The number of carbonyl (C=O) groups excluding carboxylic acids is 4. The number of aromatic amines is 2. The molecule has 17 heteroatoms. The van der Waals surface area contributed by atoms with Crippen molar-refractivity contribution in [3.05, 3.63) is 127 Å². The Labute approximate surface area is 395 Å². The molecule has 67 heavy (non-hydrogen) atoms. The Hall–Kier alpha value is -7.21. The number of ether oxygens (including phenoxy) is 3. The number of hydrogen-bond acceptors (Lipinski definition) is 13. The van der Waals surface area contributed by atoms with Crippen LogP contribution in [0.1, 0.15) is 83.8 Å². The fraction of sp³-hybridized carbons (Fsp3) is 0.260. The molecule has 7 aromatic rings. The number of pyridine rings is 1. The number of amides is 2. The Balaban J connectivity index is 0.000000152. The first-order valence-corrected chi connectivity index (χ1v) is 23.3. The van der Waals surface area contributed by atoms with Gasteiger partial charge in [-0.1, -0.05) is 12.1 Å². The summed E-state index contributed by atoms with van der Waals surface area (Å²) in [5.41, 5.74) is 13.7. The molecule has 15 nitrogen and oxygen atoms in total. The number of anilines is 2. The van der Waals surface area contributed by atoms with Crippen LogP contribution >= 0.6 is 22.7 Å². The number of hydrogen-bond donors (Lipinski definition) is 5. The van der Waals surface area contributed by atoms with Crippen molar-refractivity contribution in [3.63, 3.8) is 0 Å². The lowest BCUT2D eigenvalue weighted by molar-refractivity contribution is -0.115. The van der Waals surface area contributed by atoms with Crippen molar-refractivity contribution in [1.29, 1.82) is 0 Å². The molecular weight excluding hydrogens is 889 g/mol. The second-order valence-corrected chi connectivity index (χ2v) is 17.9. The van der Waals surface area contributed by atoms with E-state index in [0.29, 0.717) is 46.3 Å². The minimum Gasteiger partial charge on any atom is -0.482 e. The van der Waals surface area contributed by atoms with Crippen molar-refractivity contribution in [2.45, 2.75) is 52.9 Å². The van der Waals surface area contributed by atoms with Crippen LogP contribution in [-0.4, -0.2) is 83.1 Å². The Morgan fingerprint density at radius 3 is 2.06 bits per heavy atom. The first kappa shape index (κ1) is 46.3. The van der Waals surface area contributed by atoms with Gasteiger partial charge in [-0.15, -0.1) is 22.7 Å². The second kappa shape index (κ2) is 20.1. The van der Waals surface area contributed by atoms with Crippen LogP contribution < -0.4 is 20.7 Å². The van der Waals surface area contributed by atoms with Crippen LogP contribution in [0.2, 0.25) is 0 Å². The van der Waals surface area contributed by atoms with Gasteiger partial charge in [0.25, 0.3) is 5.91 Å². The summed E-state index contributed by atoms with van der Waals surface area (Å²) in [6.07, 6.45) is 8.11. The molecule has 0 aliphatic carbocycles. The summed E-state index contributed by atoms with van der Waals surface area (Å²) in [6, 6.07) is 15.8. The van der Waals surface area contributed by atoms with Crippen molar-refractivity contribution in [1.82, 2.24) is 30.2 Å². The molecule has 5 N–H and O–H groups in total. The molecule has 0 spiro atoms. The van der Waals surface area contributed by atoms with Gasteiger partial charge in [-0.05, 0) is 107 Å². The third kappa shape index (κ3) is 9.84. The number of aryl methyl sites for hydroxylation is 2. The highest BCUT2D eigenvalue weighted by Gasteiger charge is 2.27. The lowest BCUT2D eigenvalue weighted by atomic mass is 9.99. The maximum absolute atomic E-state index is 12.8. The third-order valence-corrected chi connectivity index (χ3v) is 13.8. The van der Waals surface area contributed by atoms with Crippen LogP contribution in [0.3, 0.4) is 0 Å². The van der Waals surface area contributed by atoms with E-state index in [1.165, 1.54) is 32.1 Å². The largest absolute Gasteiger partial charge is 0.482 e. The molecule has 1 saturated heterocycles. The smallest absolute Gasteiger partial charge is 0.340 e. The highest BCUT2D eigenvalue weighted by molar-refractivity contribution is 7.13. The zero-order chi connectivity index (χ0) is 47.4. The molecule has 0 atom stereocenters. The van der Waals surface area contributed by atoms with Crippen LogP contribution in [0.25, 0.3) is 44.7 Å². The number of thiazole rings is 2. The molecule has 5 aromatic heterocycles. The lowest BCUT2D eigenvalue weighted by Crippen LogP contribution is -2.26. The van der Waals surface area contributed by atoms with E-state index in [-0.39, 0.29) is 17.8 Å². The maximum atomic E-state index is 12.8. The molecule has 1 fully saturated rings. The zero-order valence-electron chi connectivity index (χ0n) is 38.1. The molecule has 2 aromatic carbocycles. The van der Waals surface area contributed by atoms with E-state index in [0.717, 1.165) is 85.5 Å². The van der Waals surface area contributed by atoms with Crippen molar-refractivity contribution in [3.8, 4) is 39.0 Å². The predicted octanol–water partition coefficient (Wildman–Crippen LogP) is 9.29. The van der Waals surface area contributed by atoms with E-state index in [4.69, 9.17) is 19.4 Å². The number of nitrogens with zero attached hydrogens (tertiary/aromatic N) is 3. The van der Waals surface area contributed by atoms with Gasteiger partial charge in [0, 0.05) is 85.3 Å². The molecule has 8 heterocycles. The van der Waals surface area contributed by atoms with Crippen LogP contribution in [0.5, 0.6) is 5.88 Å². The van der Waals surface area contributed by atoms with E-state index in [2.05, 4.69) is 47.1 Å². The predicted molar refractivity (Wildman–Crippen MR) is 262 cm³/mol. The summed E-state index contributed by atoms with van der Waals surface area (Å²) in [6.45, 7) is 9.45. The highest BCUT2D eigenvalue weighted by atomic mass is 32.1. The van der Waals surface area contributed by atoms with Gasteiger partial charge in [0.15, 0.2) is 5.88 Å². The number of carbonyl (C=O) groups is 4. The van der Waals surface area contributed by atoms with Gasteiger partial charge in [-0.2, -0.15) is 0 Å². The summed E-state index contributed by atoms with van der Waals surface area (Å²) in [4.78, 5) is 67.4. The topological polar surface area (TPSA) is 202 Å². The third-order valence-electron chi connectivity index (χ3n) is 11.9. The molecule has 3 aliphatic heterocycles. The normalized spacial score (nSPS) is 14.5. The minimum absolute atomic E-state index is 0.0795.